The third-order valence-corrected chi connectivity index (χ3v) is 5.09. The molecule has 1 aromatic rings. The molecule has 0 N–H and O–H groups in total. The molecule has 1 aliphatic carbocycles. The van der Waals surface area contributed by atoms with E-state index < -0.39 is 0 Å². The van der Waals surface area contributed by atoms with Gasteiger partial charge in [0, 0.05) is 31.7 Å². The Labute approximate surface area is 156 Å². The van der Waals surface area contributed by atoms with Crippen LogP contribution in [0.5, 0.6) is 5.75 Å². The maximum atomic E-state index is 12.2. The van der Waals surface area contributed by atoms with Gasteiger partial charge in [0.25, 0.3) is 0 Å². The molecule has 1 amide bonds. The minimum Gasteiger partial charge on any atom is -0.410 e. The molecule has 1 aliphatic rings. The summed E-state index contributed by atoms with van der Waals surface area (Å²) in [7, 11) is 3.95. The van der Waals surface area contributed by atoms with Crippen LogP contribution in [0.15, 0.2) is 36.9 Å². The Morgan fingerprint density at radius 1 is 1.16 bits per heavy atom. The Morgan fingerprint density at radius 3 is 2.28 bits per heavy atom. The van der Waals surface area contributed by atoms with E-state index in [4.69, 9.17) is 16.3 Å². The van der Waals surface area contributed by atoms with Crippen molar-refractivity contribution in [3.05, 3.63) is 41.9 Å². The van der Waals surface area contributed by atoms with Crippen LogP contribution < -0.4 is 4.74 Å². The van der Waals surface area contributed by atoms with Gasteiger partial charge in [0.1, 0.15) is 5.75 Å². The first-order chi connectivity index (χ1) is 12.0. The fourth-order valence-electron chi connectivity index (χ4n) is 3.48. The fraction of sp³-hybridized carbons (Fsp3) is 0.550. The lowest BCUT2D eigenvalue weighted by atomic mass is 9.81. The number of hydrogen-bond acceptors (Lipinski definition) is 3. The van der Waals surface area contributed by atoms with E-state index in [0.717, 1.165) is 25.6 Å². The number of nitrogens with zero attached hydrogens (tertiary/aromatic N) is 2. The molecule has 0 unspecified atom stereocenters. The lowest BCUT2D eigenvalue weighted by Crippen LogP contribution is -2.36. The summed E-state index contributed by atoms with van der Waals surface area (Å²) in [5, 5.41) is 0.628. The van der Waals surface area contributed by atoms with Gasteiger partial charge in [-0.1, -0.05) is 17.7 Å². The first-order valence-corrected chi connectivity index (χ1v) is 9.33. The summed E-state index contributed by atoms with van der Waals surface area (Å²) in [5.74, 6) is 1.84. The van der Waals surface area contributed by atoms with Gasteiger partial charge in [-0.15, -0.1) is 6.58 Å². The first kappa shape index (κ1) is 19.8. The molecule has 0 aromatic heterocycles. The summed E-state index contributed by atoms with van der Waals surface area (Å²) in [6.45, 7) is 6.62. The standard InChI is InChI=1S/C20H29ClN2O2/c1-4-13-22(2)14-16-5-7-17(8-6-16)15-23(3)20(24)25-19-11-9-18(21)10-12-19/h4,9-12,16-17H,1,5-8,13-15H2,2-3H3. The summed E-state index contributed by atoms with van der Waals surface area (Å²) in [4.78, 5) is 16.2. The largest absolute Gasteiger partial charge is 0.414 e. The number of hydrogen-bond donors (Lipinski definition) is 0. The van der Waals surface area contributed by atoms with Gasteiger partial charge in [-0.05, 0) is 68.8 Å². The van der Waals surface area contributed by atoms with Crippen LogP contribution in [0.25, 0.3) is 0 Å². The van der Waals surface area contributed by atoms with Crippen LogP contribution >= 0.6 is 11.6 Å². The second kappa shape index (κ2) is 9.83. The number of halogens is 1. The second-order valence-electron chi connectivity index (χ2n) is 7.10. The van der Waals surface area contributed by atoms with Crippen molar-refractivity contribution in [3.63, 3.8) is 0 Å². The number of rotatable bonds is 7. The third-order valence-electron chi connectivity index (χ3n) is 4.84. The van der Waals surface area contributed by atoms with E-state index in [2.05, 4.69) is 18.5 Å². The van der Waals surface area contributed by atoms with E-state index in [-0.39, 0.29) is 6.09 Å². The quantitative estimate of drug-likeness (QED) is 0.658. The predicted molar refractivity (Wildman–Crippen MR) is 103 cm³/mol. The maximum Gasteiger partial charge on any atom is 0.414 e. The van der Waals surface area contributed by atoms with E-state index in [1.165, 1.54) is 25.7 Å². The molecule has 2 rings (SSSR count). The molecule has 138 valence electrons. The van der Waals surface area contributed by atoms with E-state index in [1.54, 1.807) is 29.2 Å². The number of ether oxygens (including phenoxy) is 1. The molecule has 0 bridgehead atoms. The molecule has 25 heavy (non-hydrogen) atoms. The van der Waals surface area contributed by atoms with Crippen molar-refractivity contribution in [1.29, 1.82) is 0 Å². The summed E-state index contributed by atoms with van der Waals surface area (Å²) in [5.41, 5.74) is 0. The monoisotopic (exact) mass is 364 g/mol. The zero-order chi connectivity index (χ0) is 18.2. The Morgan fingerprint density at radius 2 is 1.72 bits per heavy atom. The van der Waals surface area contributed by atoms with Crippen LogP contribution in [0.4, 0.5) is 4.79 Å². The van der Waals surface area contributed by atoms with Crippen LogP contribution in [0.2, 0.25) is 5.02 Å². The van der Waals surface area contributed by atoms with Crippen molar-refractivity contribution in [2.24, 2.45) is 11.8 Å². The molecule has 0 atom stereocenters. The molecular formula is C20H29ClN2O2. The van der Waals surface area contributed by atoms with Crippen molar-refractivity contribution in [2.75, 3.05) is 33.7 Å². The normalized spacial score (nSPS) is 20.3. The van der Waals surface area contributed by atoms with Crippen LogP contribution in [0.3, 0.4) is 0 Å². The average Bonchev–Trinajstić information content (AvgIpc) is 2.59. The third kappa shape index (κ3) is 6.71. The Hall–Kier alpha value is -1.52. The van der Waals surface area contributed by atoms with Gasteiger partial charge >= 0.3 is 6.09 Å². The highest BCUT2D eigenvalue weighted by Crippen LogP contribution is 2.29. The molecule has 4 nitrogen and oxygen atoms in total. The van der Waals surface area contributed by atoms with Gasteiger partial charge in [-0.25, -0.2) is 4.79 Å². The highest BCUT2D eigenvalue weighted by Gasteiger charge is 2.24. The number of carbonyl (C=O) groups is 1. The van der Waals surface area contributed by atoms with Crippen LogP contribution in [-0.2, 0) is 0 Å². The van der Waals surface area contributed by atoms with Crippen molar-refractivity contribution in [1.82, 2.24) is 9.80 Å². The van der Waals surface area contributed by atoms with Crippen molar-refractivity contribution in [2.45, 2.75) is 25.7 Å². The lowest BCUT2D eigenvalue weighted by molar-refractivity contribution is 0.141. The van der Waals surface area contributed by atoms with Crippen molar-refractivity contribution in [3.8, 4) is 5.75 Å². The van der Waals surface area contributed by atoms with Gasteiger partial charge in [-0.2, -0.15) is 0 Å². The van der Waals surface area contributed by atoms with Crippen LogP contribution in [0.1, 0.15) is 25.7 Å². The molecule has 1 fully saturated rings. The summed E-state index contributed by atoms with van der Waals surface area (Å²) in [6, 6.07) is 6.85. The number of benzene rings is 1. The molecule has 0 aliphatic heterocycles. The Balaban J connectivity index is 1.72. The SMILES string of the molecule is C=CCN(C)CC1CCC(CN(C)C(=O)Oc2ccc(Cl)cc2)CC1. The Bertz CT molecular complexity index is 553. The number of likely N-dealkylation sites (N-methyl/N-ethyl adjacent to an activating group) is 1. The molecular weight excluding hydrogens is 336 g/mol. The highest BCUT2D eigenvalue weighted by atomic mass is 35.5. The average molecular weight is 365 g/mol. The fourth-order valence-corrected chi connectivity index (χ4v) is 3.60. The van der Waals surface area contributed by atoms with Gasteiger partial charge in [0.05, 0.1) is 0 Å². The highest BCUT2D eigenvalue weighted by molar-refractivity contribution is 6.30. The summed E-state index contributed by atoms with van der Waals surface area (Å²) >= 11 is 5.84. The van der Waals surface area contributed by atoms with E-state index in [9.17, 15) is 4.79 Å². The van der Waals surface area contributed by atoms with Crippen molar-refractivity contribution >= 4 is 17.7 Å². The lowest BCUT2D eigenvalue weighted by Gasteiger charge is -2.32. The molecule has 1 saturated carbocycles. The Kier molecular flexibility index (Phi) is 7.79. The zero-order valence-electron chi connectivity index (χ0n) is 15.3. The minimum absolute atomic E-state index is 0.310. The zero-order valence-corrected chi connectivity index (χ0v) is 16.0. The topological polar surface area (TPSA) is 32.8 Å². The summed E-state index contributed by atoms with van der Waals surface area (Å²) in [6.07, 6.45) is 6.44. The predicted octanol–water partition coefficient (Wildman–Crippen LogP) is 4.69. The molecule has 0 spiro atoms. The van der Waals surface area contributed by atoms with E-state index >= 15 is 0 Å². The molecule has 0 heterocycles. The smallest absolute Gasteiger partial charge is 0.410 e. The van der Waals surface area contributed by atoms with Gasteiger partial charge in [0.15, 0.2) is 0 Å². The molecule has 0 saturated heterocycles. The molecule has 5 heteroatoms. The van der Waals surface area contributed by atoms with Crippen LogP contribution in [0, 0.1) is 11.8 Å². The minimum atomic E-state index is -0.310. The number of amides is 1. The molecule has 1 aromatic carbocycles. The van der Waals surface area contributed by atoms with Crippen molar-refractivity contribution < 1.29 is 9.53 Å². The van der Waals surface area contributed by atoms with Gasteiger partial charge < -0.3 is 14.5 Å². The first-order valence-electron chi connectivity index (χ1n) is 8.96. The number of carbonyl (C=O) groups excluding carboxylic acids is 1. The second-order valence-corrected chi connectivity index (χ2v) is 7.54. The molecule has 0 radical (unpaired) electrons. The summed E-state index contributed by atoms with van der Waals surface area (Å²) < 4.78 is 5.39. The van der Waals surface area contributed by atoms with Gasteiger partial charge in [0.2, 0.25) is 0 Å². The van der Waals surface area contributed by atoms with Crippen LogP contribution in [-0.4, -0.2) is 49.6 Å². The van der Waals surface area contributed by atoms with E-state index in [0.29, 0.717) is 16.7 Å². The van der Waals surface area contributed by atoms with Gasteiger partial charge in [-0.3, -0.25) is 0 Å². The maximum absolute atomic E-state index is 12.2. The van der Waals surface area contributed by atoms with E-state index in [1.807, 2.05) is 13.1 Å².